The van der Waals surface area contributed by atoms with E-state index in [2.05, 4.69) is 28.9 Å². The molecule has 1 N–H and O–H groups in total. The molecule has 7 nitrogen and oxygen atoms in total. The fourth-order valence-corrected chi connectivity index (χ4v) is 5.42. The average Bonchev–Trinajstić information content (AvgIpc) is 3.19. The Morgan fingerprint density at radius 1 is 1.19 bits per heavy atom. The van der Waals surface area contributed by atoms with Gasteiger partial charge in [0.1, 0.15) is 0 Å². The Kier molecular flexibility index (Phi) is 6.38. The van der Waals surface area contributed by atoms with Crippen molar-refractivity contribution in [3.63, 3.8) is 0 Å². The van der Waals surface area contributed by atoms with E-state index < -0.39 is 5.69 Å². The van der Waals surface area contributed by atoms with E-state index >= 15 is 0 Å². The van der Waals surface area contributed by atoms with Crippen LogP contribution in [0.25, 0.3) is 10.9 Å². The van der Waals surface area contributed by atoms with Gasteiger partial charge >= 0.3 is 11.7 Å². The third-order valence-electron chi connectivity index (χ3n) is 5.94. The third kappa shape index (κ3) is 4.50. The van der Waals surface area contributed by atoms with Crippen LogP contribution in [-0.2, 0) is 16.1 Å². The van der Waals surface area contributed by atoms with Gasteiger partial charge in [-0.2, -0.15) is 0 Å². The lowest BCUT2D eigenvalue weighted by Gasteiger charge is -2.37. The van der Waals surface area contributed by atoms with Crippen molar-refractivity contribution in [2.75, 3.05) is 26.2 Å². The molecule has 3 heterocycles. The van der Waals surface area contributed by atoms with Crippen LogP contribution in [0.3, 0.4) is 0 Å². The van der Waals surface area contributed by atoms with Crippen LogP contribution in [0.4, 0.5) is 0 Å². The number of aryl methyl sites for hydroxylation is 1. The van der Waals surface area contributed by atoms with Crippen molar-refractivity contribution >= 4 is 28.2 Å². The molecule has 0 aliphatic carbocycles. The van der Waals surface area contributed by atoms with E-state index in [4.69, 9.17) is 4.74 Å². The molecule has 2 atom stereocenters. The second kappa shape index (κ2) is 9.20. The maximum atomic E-state index is 12.8. The number of hydrogen-bond donors (Lipinski definition) is 1. The first kappa shape index (κ1) is 21.5. The summed E-state index contributed by atoms with van der Waals surface area (Å²) in [5.74, 6) is -0.289. The molecule has 8 heteroatoms. The first-order valence-corrected chi connectivity index (χ1v) is 11.5. The van der Waals surface area contributed by atoms with Gasteiger partial charge in [0.15, 0.2) is 0 Å². The minimum absolute atomic E-state index is 0.140. The smallest absolute Gasteiger partial charge is 0.328 e. The molecule has 0 radical (unpaired) electrons. The summed E-state index contributed by atoms with van der Waals surface area (Å²) in [5.41, 5.74) is -0.150. The predicted octanol–water partition coefficient (Wildman–Crippen LogP) is 2.73. The van der Waals surface area contributed by atoms with Crippen molar-refractivity contribution in [3.05, 3.63) is 67.0 Å². The zero-order valence-electron chi connectivity index (χ0n) is 17.8. The number of nitrogens with one attached hydrogen (secondary N) is 1. The zero-order valence-corrected chi connectivity index (χ0v) is 18.6. The number of para-hydroxylation sites is 1. The second-order valence-corrected chi connectivity index (χ2v) is 9.25. The molecule has 1 aliphatic rings. The highest BCUT2D eigenvalue weighted by Crippen LogP contribution is 2.37. The van der Waals surface area contributed by atoms with Crippen molar-refractivity contribution < 1.29 is 9.53 Å². The number of aromatic amines is 1. The van der Waals surface area contributed by atoms with E-state index in [0.717, 1.165) is 13.0 Å². The number of thiophene rings is 1. The molecule has 0 amide bonds. The van der Waals surface area contributed by atoms with Crippen molar-refractivity contribution in [1.82, 2.24) is 14.5 Å². The molecule has 1 aliphatic heterocycles. The highest BCUT2D eigenvalue weighted by Gasteiger charge is 2.36. The first-order valence-electron chi connectivity index (χ1n) is 10.6. The van der Waals surface area contributed by atoms with Gasteiger partial charge in [0.25, 0.3) is 5.56 Å². The number of piperidine rings is 1. The molecule has 0 unspecified atom stereocenters. The Hall–Kier alpha value is -2.71. The zero-order chi connectivity index (χ0) is 22.0. The minimum atomic E-state index is -0.408. The highest BCUT2D eigenvalue weighted by atomic mass is 32.1. The van der Waals surface area contributed by atoms with Crippen LogP contribution in [0.1, 0.15) is 29.0 Å². The van der Waals surface area contributed by atoms with Crippen LogP contribution >= 0.6 is 11.3 Å². The van der Waals surface area contributed by atoms with E-state index in [1.165, 1.54) is 14.3 Å². The monoisotopic (exact) mass is 441 g/mol. The molecular formula is C23H27N3O4S. The Labute approximate surface area is 184 Å². The lowest BCUT2D eigenvalue weighted by molar-refractivity contribution is -0.150. The van der Waals surface area contributed by atoms with Crippen molar-refractivity contribution in [1.29, 1.82) is 0 Å². The number of benzene rings is 1. The van der Waals surface area contributed by atoms with Crippen LogP contribution in [0.2, 0.25) is 0 Å². The van der Waals surface area contributed by atoms with Gasteiger partial charge in [0, 0.05) is 35.3 Å². The Bertz CT molecular complexity index is 1200. The fraction of sp³-hybridized carbons (Fsp3) is 0.435. The molecule has 1 aromatic carbocycles. The Morgan fingerprint density at radius 2 is 2.00 bits per heavy atom. The summed E-state index contributed by atoms with van der Waals surface area (Å²) in [6.45, 7) is 6.40. The largest absolute Gasteiger partial charge is 0.466 e. The van der Waals surface area contributed by atoms with Crippen LogP contribution in [0.15, 0.2) is 46.0 Å². The lowest BCUT2D eigenvalue weighted by Crippen LogP contribution is -2.46. The molecule has 2 aromatic heterocycles. The molecule has 164 valence electrons. The normalized spacial score (nSPS) is 19.5. The average molecular weight is 442 g/mol. The molecule has 4 rings (SSSR count). The number of aromatic nitrogens is 2. The number of carbonyl (C=O) groups is 1. The van der Waals surface area contributed by atoms with Gasteiger partial charge in [-0.1, -0.05) is 12.1 Å². The van der Waals surface area contributed by atoms with E-state index in [1.807, 2.05) is 6.92 Å². The number of rotatable bonds is 6. The number of ether oxygens (including phenoxy) is 1. The summed E-state index contributed by atoms with van der Waals surface area (Å²) in [7, 11) is 0. The van der Waals surface area contributed by atoms with Crippen LogP contribution in [0.5, 0.6) is 0 Å². The van der Waals surface area contributed by atoms with Crippen LogP contribution in [-0.4, -0.2) is 46.7 Å². The van der Waals surface area contributed by atoms with E-state index in [-0.39, 0.29) is 29.9 Å². The summed E-state index contributed by atoms with van der Waals surface area (Å²) in [5, 5.41) is 0.498. The number of H-pyrrole nitrogens is 1. The van der Waals surface area contributed by atoms with E-state index in [0.29, 0.717) is 30.6 Å². The number of nitrogens with zero attached hydrogens (tertiary/aromatic N) is 2. The minimum Gasteiger partial charge on any atom is -0.466 e. The van der Waals surface area contributed by atoms with Gasteiger partial charge in [-0.25, -0.2) is 4.79 Å². The fourth-order valence-electron chi connectivity index (χ4n) is 4.35. The Morgan fingerprint density at radius 3 is 2.74 bits per heavy atom. The van der Waals surface area contributed by atoms with Gasteiger partial charge in [0.05, 0.1) is 23.4 Å². The summed E-state index contributed by atoms with van der Waals surface area (Å²) in [6, 6.07) is 11.2. The molecule has 3 aromatic rings. The second-order valence-electron chi connectivity index (χ2n) is 7.94. The Balaban J connectivity index is 1.51. The maximum Gasteiger partial charge on any atom is 0.328 e. The van der Waals surface area contributed by atoms with Gasteiger partial charge < -0.3 is 14.6 Å². The van der Waals surface area contributed by atoms with Crippen LogP contribution < -0.4 is 11.2 Å². The predicted molar refractivity (Wildman–Crippen MR) is 122 cm³/mol. The molecule has 1 fully saturated rings. The molecule has 0 spiro atoms. The van der Waals surface area contributed by atoms with Crippen molar-refractivity contribution in [2.24, 2.45) is 5.92 Å². The topological polar surface area (TPSA) is 84.4 Å². The van der Waals surface area contributed by atoms with Crippen molar-refractivity contribution in [2.45, 2.75) is 32.7 Å². The van der Waals surface area contributed by atoms with Crippen molar-refractivity contribution in [3.8, 4) is 0 Å². The number of hydrogen-bond acceptors (Lipinski definition) is 6. The first-order chi connectivity index (χ1) is 15.0. The number of likely N-dealkylation sites (tertiary alicyclic amines) is 1. The van der Waals surface area contributed by atoms with Gasteiger partial charge in [-0.3, -0.25) is 14.2 Å². The maximum absolute atomic E-state index is 12.8. The molecule has 1 saturated heterocycles. The summed E-state index contributed by atoms with van der Waals surface area (Å²) < 4.78 is 6.61. The lowest BCUT2D eigenvalue weighted by atomic mass is 9.84. The molecule has 31 heavy (non-hydrogen) atoms. The standard InChI is InChI=1S/C23H27N3O4S/c1-3-30-22(28)18-14-25(11-10-16(18)20-9-8-15(2)31-20)12-13-26-21(27)17-6-4-5-7-19(17)24-23(26)29/h4-9,16,18H,3,10-14H2,1-2H3,(H,24,29)/t16-,18+/m1/s1. The quantitative estimate of drug-likeness (QED) is 0.595. The summed E-state index contributed by atoms with van der Waals surface area (Å²) in [6.07, 6.45) is 0.840. The van der Waals surface area contributed by atoms with Crippen LogP contribution in [0, 0.1) is 12.8 Å². The molecule has 0 saturated carbocycles. The molecule has 0 bridgehead atoms. The number of carbonyl (C=O) groups excluding carboxylic acids is 1. The van der Waals surface area contributed by atoms with Gasteiger partial charge in [0.2, 0.25) is 0 Å². The highest BCUT2D eigenvalue weighted by molar-refractivity contribution is 7.12. The number of esters is 1. The van der Waals surface area contributed by atoms with E-state index in [9.17, 15) is 14.4 Å². The SMILES string of the molecule is CCOC(=O)[C@H]1CN(CCn2c(=O)[nH]c3ccccc3c2=O)CC[C@H]1c1ccc(C)s1. The van der Waals surface area contributed by atoms with E-state index in [1.54, 1.807) is 35.6 Å². The summed E-state index contributed by atoms with van der Waals surface area (Å²) in [4.78, 5) is 45.3. The number of fused-ring (bicyclic) bond motifs is 1. The summed E-state index contributed by atoms with van der Waals surface area (Å²) >= 11 is 1.73. The van der Waals surface area contributed by atoms with Gasteiger partial charge in [-0.05, 0) is 51.1 Å². The van der Waals surface area contributed by atoms with Gasteiger partial charge in [-0.15, -0.1) is 11.3 Å². The third-order valence-corrected chi connectivity index (χ3v) is 7.07. The molecular weight excluding hydrogens is 414 g/mol.